The molecule has 1 saturated heterocycles. The Kier molecular flexibility index (Phi) is 4.79. The highest BCUT2D eigenvalue weighted by atomic mass is 35.5. The third kappa shape index (κ3) is 3.80. The van der Waals surface area contributed by atoms with Gasteiger partial charge in [-0.2, -0.15) is 15.4 Å². The summed E-state index contributed by atoms with van der Waals surface area (Å²) in [5.74, 6) is 0.0629. The SMILES string of the molecule is OC1(c2cn[nH]n2)CCCN(CCOc2ccc(F)cc2Cl)C1. The van der Waals surface area contributed by atoms with Crippen LogP contribution in [0.1, 0.15) is 18.5 Å². The summed E-state index contributed by atoms with van der Waals surface area (Å²) >= 11 is 5.93. The van der Waals surface area contributed by atoms with Gasteiger partial charge in [0.1, 0.15) is 29.5 Å². The van der Waals surface area contributed by atoms with Crippen molar-refractivity contribution < 1.29 is 14.2 Å². The van der Waals surface area contributed by atoms with Crippen molar-refractivity contribution in [3.63, 3.8) is 0 Å². The monoisotopic (exact) mass is 340 g/mol. The molecule has 0 bridgehead atoms. The van der Waals surface area contributed by atoms with Crippen molar-refractivity contribution >= 4 is 11.6 Å². The van der Waals surface area contributed by atoms with Crippen LogP contribution in [0.5, 0.6) is 5.75 Å². The van der Waals surface area contributed by atoms with E-state index in [1.165, 1.54) is 18.2 Å². The average Bonchev–Trinajstić information content (AvgIpc) is 3.05. The second-order valence-electron chi connectivity index (χ2n) is 5.69. The van der Waals surface area contributed by atoms with E-state index in [1.807, 2.05) is 0 Å². The molecule has 0 saturated carbocycles. The first kappa shape index (κ1) is 16.2. The summed E-state index contributed by atoms with van der Waals surface area (Å²) < 4.78 is 18.6. The van der Waals surface area contributed by atoms with Crippen molar-refractivity contribution in [2.24, 2.45) is 0 Å². The number of benzene rings is 1. The molecule has 6 nitrogen and oxygen atoms in total. The van der Waals surface area contributed by atoms with E-state index in [9.17, 15) is 9.50 Å². The number of rotatable bonds is 5. The zero-order valence-corrected chi connectivity index (χ0v) is 13.3. The number of β-amino-alcohol motifs (C(OH)–C–C–N with tert-alkyl or cyclic N) is 1. The number of aromatic nitrogens is 3. The first-order chi connectivity index (χ1) is 11.1. The Morgan fingerprint density at radius 3 is 3.09 bits per heavy atom. The maximum absolute atomic E-state index is 13.0. The zero-order valence-electron chi connectivity index (χ0n) is 12.5. The lowest BCUT2D eigenvalue weighted by atomic mass is 9.90. The van der Waals surface area contributed by atoms with Gasteiger partial charge in [0.15, 0.2) is 0 Å². The number of nitrogens with one attached hydrogen (secondary N) is 1. The van der Waals surface area contributed by atoms with Crippen LogP contribution in [-0.2, 0) is 5.60 Å². The summed E-state index contributed by atoms with van der Waals surface area (Å²) in [7, 11) is 0. The molecule has 2 aromatic rings. The van der Waals surface area contributed by atoms with Gasteiger partial charge in [0, 0.05) is 13.1 Å². The summed E-state index contributed by atoms with van der Waals surface area (Å²) in [4.78, 5) is 2.11. The van der Waals surface area contributed by atoms with Gasteiger partial charge in [-0.25, -0.2) is 4.39 Å². The van der Waals surface area contributed by atoms with E-state index in [-0.39, 0.29) is 5.02 Å². The number of aromatic amines is 1. The number of H-pyrrole nitrogens is 1. The highest BCUT2D eigenvalue weighted by Crippen LogP contribution is 2.30. The molecule has 1 fully saturated rings. The fourth-order valence-electron chi connectivity index (χ4n) is 2.83. The molecule has 124 valence electrons. The Balaban J connectivity index is 1.54. The van der Waals surface area contributed by atoms with Crippen LogP contribution in [0.3, 0.4) is 0 Å². The minimum atomic E-state index is -0.987. The predicted molar refractivity (Wildman–Crippen MR) is 82.9 cm³/mol. The Morgan fingerprint density at radius 2 is 2.35 bits per heavy atom. The molecule has 1 aliphatic rings. The molecule has 8 heteroatoms. The molecule has 1 unspecified atom stereocenters. The lowest BCUT2D eigenvalue weighted by molar-refractivity contribution is -0.0412. The number of halogens is 2. The van der Waals surface area contributed by atoms with Gasteiger partial charge in [0.05, 0.1) is 11.2 Å². The highest BCUT2D eigenvalue weighted by molar-refractivity contribution is 6.32. The molecule has 0 aliphatic carbocycles. The van der Waals surface area contributed by atoms with E-state index in [2.05, 4.69) is 20.3 Å². The van der Waals surface area contributed by atoms with Crippen molar-refractivity contribution in [3.05, 3.63) is 40.9 Å². The number of piperidine rings is 1. The van der Waals surface area contributed by atoms with Gasteiger partial charge >= 0.3 is 0 Å². The van der Waals surface area contributed by atoms with Crippen molar-refractivity contribution in [2.75, 3.05) is 26.2 Å². The van der Waals surface area contributed by atoms with Gasteiger partial charge in [-0.3, -0.25) is 4.90 Å². The van der Waals surface area contributed by atoms with Crippen molar-refractivity contribution in [1.82, 2.24) is 20.3 Å². The third-order valence-electron chi connectivity index (χ3n) is 4.00. The average molecular weight is 341 g/mol. The van der Waals surface area contributed by atoms with Crippen LogP contribution in [-0.4, -0.2) is 51.7 Å². The summed E-state index contributed by atoms with van der Waals surface area (Å²) in [6.45, 7) is 2.38. The van der Waals surface area contributed by atoms with Gasteiger partial charge in [0.25, 0.3) is 0 Å². The number of hydrogen-bond donors (Lipinski definition) is 2. The van der Waals surface area contributed by atoms with Gasteiger partial charge in [-0.05, 0) is 37.6 Å². The zero-order chi connectivity index (χ0) is 16.3. The van der Waals surface area contributed by atoms with Gasteiger partial charge in [-0.15, -0.1) is 0 Å². The number of aliphatic hydroxyl groups is 1. The highest BCUT2D eigenvalue weighted by Gasteiger charge is 2.36. The molecule has 0 radical (unpaired) electrons. The quantitative estimate of drug-likeness (QED) is 0.870. The fraction of sp³-hybridized carbons (Fsp3) is 0.467. The van der Waals surface area contributed by atoms with Crippen LogP contribution in [0.2, 0.25) is 5.02 Å². The summed E-state index contributed by atoms with van der Waals surface area (Å²) in [6, 6.07) is 4.05. The molecular weight excluding hydrogens is 323 g/mol. The molecule has 2 N–H and O–H groups in total. The van der Waals surface area contributed by atoms with E-state index < -0.39 is 11.4 Å². The molecule has 1 aromatic carbocycles. The summed E-state index contributed by atoms with van der Waals surface area (Å²) in [5.41, 5.74) is -0.427. The Labute approximate surface area is 138 Å². The minimum Gasteiger partial charge on any atom is -0.491 e. The first-order valence-electron chi connectivity index (χ1n) is 7.46. The van der Waals surface area contributed by atoms with Crippen LogP contribution >= 0.6 is 11.6 Å². The predicted octanol–water partition coefficient (Wildman–Crippen LogP) is 1.96. The molecule has 1 atom stereocenters. The van der Waals surface area contributed by atoms with Crippen molar-refractivity contribution in [3.8, 4) is 5.75 Å². The lowest BCUT2D eigenvalue weighted by Gasteiger charge is -2.37. The van der Waals surface area contributed by atoms with Gasteiger partial charge in [0.2, 0.25) is 0 Å². The standard InChI is InChI=1S/C15H18ClFN4O2/c16-12-8-11(17)2-3-13(12)23-7-6-21-5-1-4-15(22,10-21)14-9-18-20-19-14/h2-3,8-9,22H,1,4-7,10H2,(H,18,19,20). The number of ether oxygens (including phenoxy) is 1. The molecular formula is C15H18ClFN4O2. The molecule has 1 aliphatic heterocycles. The molecule has 2 heterocycles. The normalized spacial score (nSPS) is 22.2. The smallest absolute Gasteiger partial charge is 0.138 e. The Bertz CT molecular complexity index is 655. The van der Waals surface area contributed by atoms with Crippen molar-refractivity contribution in [2.45, 2.75) is 18.4 Å². The molecule has 0 spiro atoms. The topological polar surface area (TPSA) is 74.3 Å². The summed E-state index contributed by atoms with van der Waals surface area (Å²) in [5, 5.41) is 21.3. The van der Waals surface area contributed by atoms with Crippen LogP contribution in [0, 0.1) is 5.82 Å². The largest absolute Gasteiger partial charge is 0.491 e. The Hall–Kier alpha value is -1.70. The molecule has 3 rings (SSSR count). The van der Waals surface area contributed by atoms with Crippen LogP contribution in [0.25, 0.3) is 0 Å². The maximum atomic E-state index is 13.0. The van der Waals surface area contributed by atoms with Gasteiger partial charge in [-0.1, -0.05) is 11.6 Å². The van der Waals surface area contributed by atoms with Crippen molar-refractivity contribution in [1.29, 1.82) is 0 Å². The Morgan fingerprint density at radius 1 is 1.48 bits per heavy atom. The van der Waals surface area contributed by atoms with E-state index >= 15 is 0 Å². The van der Waals surface area contributed by atoms with E-state index in [4.69, 9.17) is 16.3 Å². The van der Waals surface area contributed by atoms with E-state index in [1.54, 1.807) is 6.20 Å². The second-order valence-corrected chi connectivity index (χ2v) is 6.10. The second kappa shape index (κ2) is 6.82. The maximum Gasteiger partial charge on any atom is 0.138 e. The first-order valence-corrected chi connectivity index (χ1v) is 7.83. The van der Waals surface area contributed by atoms with E-state index in [0.29, 0.717) is 37.6 Å². The van der Waals surface area contributed by atoms with Gasteiger partial charge < -0.3 is 9.84 Å². The molecule has 1 aromatic heterocycles. The van der Waals surface area contributed by atoms with Crippen LogP contribution in [0.4, 0.5) is 4.39 Å². The number of hydrogen-bond acceptors (Lipinski definition) is 5. The fourth-order valence-corrected chi connectivity index (χ4v) is 3.05. The molecule has 0 amide bonds. The number of likely N-dealkylation sites (tertiary alicyclic amines) is 1. The minimum absolute atomic E-state index is 0.253. The summed E-state index contributed by atoms with van der Waals surface area (Å²) in [6.07, 6.45) is 3.07. The van der Waals surface area contributed by atoms with Crippen LogP contribution < -0.4 is 4.74 Å². The molecule has 23 heavy (non-hydrogen) atoms. The third-order valence-corrected chi connectivity index (χ3v) is 4.30. The number of nitrogens with zero attached hydrogens (tertiary/aromatic N) is 3. The van der Waals surface area contributed by atoms with E-state index in [0.717, 1.165) is 13.0 Å². The lowest BCUT2D eigenvalue weighted by Crippen LogP contribution is -2.47. The van der Waals surface area contributed by atoms with Crippen LogP contribution in [0.15, 0.2) is 24.4 Å².